The number of rotatable bonds is 12. The molecular weight excluding hydrogens is 583 g/mol. The quantitative estimate of drug-likeness (QED) is 0.206. The number of nitrogens with zero attached hydrogens (tertiary/aromatic N) is 5. The minimum atomic E-state index is -3.47. The van der Waals surface area contributed by atoms with E-state index >= 15 is 0 Å². The van der Waals surface area contributed by atoms with Gasteiger partial charge in [-0.2, -0.15) is 5.10 Å². The van der Waals surface area contributed by atoms with Gasteiger partial charge in [-0.05, 0) is 88.5 Å². The van der Waals surface area contributed by atoms with Crippen molar-refractivity contribution >= 4 is 33.2 Å². The maximum Gasteiger partial charge on any atom is 0.194 e. The van der Waals surface area contributed by atoms with E-state index in [1.807, 2.05) is 55.5 Å². The molecule has 43 heavy (non-hydrogen) atoms. The van der Waals surface area contributed by atoms with Gasteiger partial charge in [-0.1, -0.05) is 30.3 Å². The predicted molar refractivity (Wildman–Crippen MR) is 170 cm³/mol. The summed E-state index contributed by atoms with van der Waals surface area (Å²) in [5.74, 6) is 2.00. The van der Waals surface area contributed by atoms with Gasteiger partial charge in [0.2, 0.25) is 0 Å². The molecule has 0 unspecified atom stereocenters. The third-order valence-corrected chi connectivity index (χ3v) is 10.0. The van der Waals surface area contributed by atoms with Crippen molar-refractivity contribution in [1.82, 2.24) is 30.0 Å². The molecule has 5 rings (SSSR count). The number of ether oxygens (including phenoxy) is 1. The monoisotopic (exact) mass is 621 g/mol. The molecule has 0 atom stereocenters. The van der Waals surface area contributed by atoms with Gasteiger partial charge in [0.1, 0.15) is 0 Å². The number of nitrogens with one attached hydrogen (secondary N) is 2. The van der Waals surface area contributed by atoms with E-state index in [0.717, 1.165) is 60.9 Å². The third-order valence-electron chi connectivity index (χ3n) is 7.46. The second-order valence-electron chi connectivity index (χ2n) is 11.1. The Morgan fingerprint density at radius 2 is 1.79 bits per heavy atom. The molecule has 2 aromatic carbocycles. The number of methoxy groups -OCH3 is 1. The highest BCUT2D eigenvalue weighted by molar-refractivity contribution is 7.99. The van der Waals surface area contributed by atoms with Crippen molar-refractivity contribution < 1.29 is 13.2 Å². The number of piperidine rings is 1. The zero-order valence-corrected chi connectivity index (χ0v) is 26.7. The van der Waals surface area contributed by atoms with Gasteiger partial charge in [0.25, 0.3) is 0 Å². The van der Waals surface area contributed by atoms with Crippen LogP contribution in [-0.2, 0) is 15.6 Å². The van der Waals surface area contributed by atoms with Crippen LogP contribution in [0, 0.1) is 6.92 Å². The Labute approximate surface area is 258 Å². The minimum Gasteiger partial charge on any atom is -0.491 e. The molecule has 0 amide bonds. The Morgan fingerprint density at radius 1 is 1.07 bits per heavy atom. The second kappa shape index (κ2) is 13.9. The molecule has 1 aliphatic rings. The fraction of sp³-hybridized carbons (Fsp3) is 0.387. The average Bonchev–Trinajstić information content (AvgIpc) is 3.41. The number of benzene rings is 2. The molecule has 0 bridgehead atoms. The largest absolute Gasteiger partial charge is 0.491 e. The van der Waals surface area contributed by atoms with Crippen molar-refractivity contribution in [2.24, 2.45) is 0 Å². The first kappa shape index (κ1) is 31.0. The van der Waals surface area contributed by atoms with Crippen molar-refractivity contribution in [3.63, 3.8) is 0 Å². The molecule has 12 heteroatoms. The molecule has 0 radical (unpaired) electrons. The van der Waals surface area contributed by atoms with Crippen LogP contribution in [0.25, 0.3) is 0 Å². The normalized spacial score (nSPS) is 14.7. The molecule has 10 nitrogen and oxygen atoms in total. The number of aryl methyl sites for hydroxylation is 1. The van der Waals surface area contributed by atoms with E-state index in [-0.39, 0.29) is 16.6 Å². The second-order valence-corrected chi connectivity index (χ2v) is 14.1. The highest BCUT2D eigenvalue weighted by Crippen LogP contribution is 2.40. The molecule has 3 heterocycles. The fourth-order valence-electron chi connectivity index (χ4n) is 5.13. The van der Waals surface area contributed by atoms with Crippen LogP contribution in [0.15, 0.2) is 75.6 Å². The summed E-state index contributed by atoms with van der Waals surface area (Å²) in [6.07, 6.45) is 1.94. The number of hydrogen-bond donors (Lipinski definition) is 2. The Kier molecular flexibility index (Phi) is 10.0. The summed E-state index contributed by atoms with van der Waals surface area (Å²) in [5.41, 5.74) is 2.57. The molecule has 228 valence electrons. The van der Waals surface area contributed by atoms with Crippen LogP contribution < -0.4 is 10.1 Å². The van der Waals surface area contributed by atoms with Gasteiger partial charge in [-0.3, -0.25) is 5.10 Å². The summed E-state index contributed by atoms with van der Waals surface area (Å²) in [7, 11) is 2.38. The van der Waals surface area contributed by atoms with E-state index in [1.165, 1.54) is 11.8 Å². The zero-order valence-electron chi connectivity index (χ0n) is 25.1. The number of anilines is 2. The highest BCUT2D eigenvalue weighted by Gasteiger charge is 2.28. The summed E-state index contributed by atoms with van der Waals surface area (Å²) in [4.78, 5) is 15.7. The first-order valence-corrected chi connectivity index (χ1v) is 16.8. The zero-order chi connectivity index (χ0) is 30.4. The van der Waals surface area contributed by atoms with E-state index in [2.05, 4.69) is 39.4 Å². The van der Waals surface area contributed by atoms with Gasteiger partial charge in [0.15, 0.2) is 32.4 Å². The standard InChI is InChI=1S/C31H39N7O3S2/c1-22-20-27(36-35-22)32-30-29(41-4)28(24-14-16-38(17-15-24)19-18-37(2)3)33-31(34-30)42-25-10-12-26(13-11-25)43(39,40)21-23-8-6-5-7-9-23/h5-13,20,24H,14-19,21H2,1-4H3,(H2,32,33,34,35,36). The SMILES string of the molecule is COc1c(Nc2cc(C)[nH]n2)nc(Sc2ccc(S(=O)(=O)Cc3ccccc3)cc2)nc1C1CCN(CCN(C)C)CC1. The van der Waals surface area contributed by atoms with Crippen LogP contribution in [0.1, 0.15) is 35.7 Å². The van der Waals surface area contributed by atoms with E-state index < -0.39 is 9.84 Å². The summed E-state index contributed by atoms with van der Waals surface area (Å²) in [6.45, 7) is 6.01. The van der Waals surface area contributed by atoms with Crippen LogP contribution in [0.2, 0.25) is 0 Å². The number of aromatic amines is 1. The van der Waals surface area contributed by atoms with Gasteiger partial charge < -0.3 is 19.9 Å². The van der Waals surface area contributed by atoms with E-state index in [0.29, 0.717) is 22.5 Å². The molecule has 1 aliphatic heterocycles. The summed E-state index contributed by atoms with van der Waals surface area (Å²) in [6, 6.07) is 18.0. The molecule has 0 aliphatic carbocycles. The van der Waals surface area contributed by atoms with Crippen LogP contribution in [0.3, 0.4) is 0 Å². The third kappa shape index (κ3) is 8.14. The van der Waals surface area contributed by atoms with Gasteiger partial charge in [0.05, 0.1) is 23.5 Å². The van der Waals surface area contributed by atoms with Crippen molar-refractivity contribution in [2.45, 2.75) is 46.4 Å². The Hall–Kier alpha value is -3.45. The lowest BCUT2D eigenvalue weighted by Gasteiger charge is -2.33. The minimum absolute atomic E-state index is 0.0407. The Morgan fingerprint density at radius 3 is 2.42 bits per heavy atom. The molecule has 1 fully saturated rings. The highest BCUT2D eigenvalue weighted by atomic mass is 32.2. The first-order chi connectivity index (χ1) is 20.7. The lowest BCUT2D eigenvalue weighted by atomic mass is 9.92. The summed E-state index contributed by atoms with van der Waals surface area (Å²) < 4.78 is 31.9. The predicted octanol–water partition coefficient (Wildman–Crippen LogP) is 5.13. The molecule has 0 spiro atoms. The van der Waals surface area contributed by atoms with Crippen LogP contribution in [0.5, 0.6) is 5.75 Å². The average molecular weight is 622 g/mol. The first-order valence-electron chi connectivity index (χ1n) is 14.4. The lowest BCUT2D eigenvalue weighted by molar-refractivity contribution is 0.191. The molecule has 0 saturated carbocycles. The van der Waals surface area contributed by atoms with Gasteiger partial charge in [0, 0.05) is 35.7 Å². The van der Waals surface area contributed by atoms with Crippen molar-refractivity contribution in [2.75, 3.05) is 52.7 Å². The number of H-pyrrole nitrogens is 1. The van der Waals surface area contributed by atoms with E-state index in [4.69, 9.17) is 14.7 Å². The van der Waals surface area contributed by atoms with Crippen LogP contribution in [-0.4, -0.2) is 85.8 Å². The van der Waals surface area contributed by atoms with Crippen molar-refractivity contribution in [1.29, 1.82) is 0 Å². The summed E-state index contributed by atoms with van der Waals surface area (Å²) >= 11 is 1.39. The van der Waals surface area contributed by atoms with Crippen LogP contribution >= 0.6 is 11.8 Å². The number of aromatic nitrogens is 4. The van der Waals surface area contributed by atoms with E-state index in [1.54, 1.807) is 19.2 Å². The molecular formula is C31H39N7O3S2. The van der Waals surface area contributed by atoms with Gasteiger partial charge in [-0.25, -0.2) is 18.4 Å². The van der Waals surface area contributed by atoms with Crippen molar-refractivity contribution in [3.8, 4) is 5.75 Å². The van der Waals surface area contributed by atoms with Crippen LogP contribution in [0.4, 0.5) is 11.6 Å². The molecule has 2 N–H and O–H groups in total. The summed E-state index contributed by atoms with van der Waals surface area (Å²) in [5, 5.41) is 11.2. The van der Waals surface area contributed by atoms with Gasteiger partial charge in [-0.15, -0.1) is 0 Å². The Bertz CT molecular complexity index is 1600. The maximum atomic E-state index is 13.0. The number of likely N-dealkylation sites (N-methyl/N-ethyl adjacent to an activating group) is 1. The molecule has 4 aromatic rings. The van der Waals surface area contributed by atoms with Gasteiger partial charge >= 0.3 is 0 Å². The van der Waals surface area contributed by atoms with Crippen molar-refractivity contribution in [3.05, 3.63) is 77.6 Å². The number of sulfone groups is 1. The molecule has 2 aromatic heterocycles. The number of likely N-dealkylation sites (tertiary alicyclic amines) is 1. The fourth-order valence-corrected chi connectivity index (χ4v) is 7.24. The molecule has 1 saturated heterocycles. The van der Waals surface area contributed by atoms with E-state index in [9.17, 15) is 8.42 Å². The smallest absolute Gasteiger partial charge is 0.194 e. The lowest BCUT2D eigenvalue weighted by Crippen LogP contribution is -2.37. The number of hydrogen-bond acceptors (Lipinski definition) is 10. The maximum absolute atomic E-state index is 13.0. The topological polar surface area (TPSA) is 116 Å². The Balaban J connectivity index is 1.39.